The Bertz CT molecular complexity index is 721. The number of ether oxygens (including phenoxy) is 3. The molecule has 2 heterocycles. The number of methoxy groups -OCH3 is 1. The Morgan fingerprint density at radius 2 is 1.96 bits per heavy atom. The van der Waals surface area contributed by atoms with E-state index < -0.39 is 0 Å². The van der Waals surface area contributed by atoms with E-state index in [9.17, 15) is 0 Å². The van der Waals surface area contributed by atoms with Crippen LogP contribution in [0.4, 0.5) is 0 Å². The Labute approximate surface area is 171 Å². The van der Waals surface area contributed by atoms with Crippen LogP contribution in [0.2, 0.25) is 5.15 Å². The summed E-state index contributed by atoms with van der Waals surface area (Å²) in [6.45, 7) is 7.83. The molecule has 0 unspecified atom stereocenters. The van der Waals surface area contributed by atoms with Gasteiger partial charge < -0.3 is 24.4 Å². The van der Waals surface area contributed by atoms with E-state index >= 15 is 0 Å². The number of benzene rings is 1. The van der Waals surface area contributed by atoms with E-state index in [0.717, 1.165) is 56.5 Å². The summed E-state index contributed by atoms with van der Waals surface area (Å²) in [7, 11) is 1.67. The van der Waals surface area contributed by atoms with Gasteiger partial charge in [0.25, 0.3) is 0 Å². The molecular formula is C21H30ClN3O3+2. The van der Waals surface area contributed by atoms with Crippen molar-refractivity contribution in [3.8, 4) is 11.5 Å². The average Bonchev–Trinajstić information content (AvgIpc) is 2.74. The van der Waals surface area contributed by atoms with Gasteiger partial charge in [0.15, 0.2) is 11.5 Å². The van der Waals surface area contributed by atoms with Crippen molar-refractivity contribution in [1.29, 1.82) is 0 Å². The first-order chi connectivity index (χ1) is 13.7. The number of morpholine rings is 1. The molecule has 0 spiro atoms. The van der Waals surface area contributed by atoms with Gasteiger partial charge in [-0.05, 0) is 24.3 Å². The minimum absolute atomic E-state index is 0.426. The van der Waals surface area contributed by atoms with Gasteiger partial charge >= 0.3 is 0 Å². The average molecular weight is 408 g/mol. The molecule has 0 amide bonds. The second-order valence-electron chi connectivity index (χ2n) is 7.01. The van der Waals surface area contributed by atoms with Gasteiger partial charge in [0, 0.05) is 23.7 Å². The van der Waals surface area contributed by atoms with Crippen molar-refractivity contribution in [2.45, 2.75) is 19.6 Å². The van der Waals surface area contributed by atoms with E-state index in [4.69, 9.17) is 25.8 Å². The lowest BCUT2D eigenvalue weighted by Gasteiger charge is -2.23. The van der Waals surface area contributed by atoms with E-state index in [1.807, 2.05) is 12.1 Å². The molecule has 1 aromatic carbocycles. The SMILES string of the molecule is COc1cc(C[NH2+]CCC[NH+]2CCOCC2)ccc1OCc1ccc(Cl)nc1. The third-order valence-corrected chi connectivity index (χ3v) is 5.15. The van der Waals surface area contributed by atoms with Crippen LogP contribution >= 0.6 is 11.6 Å². The second-order valence-corrected chi connectivity index (χ2v) is 7.40. The molecule has 1 aliphatic heterocycles. The number of rotatable bonds is 10. The zero-order chi connectivity index (χ0) is 19.6. The first-order valence-corrected chi connectivity index (χ1v) is 10.3. The lowest BCUT2D eigenvalue weighted by molar-refractivity contribution is -0.909. The zero-order valence-electron chi connectivity index (χ0n) is 16.5. The molecule has 2 aromatic rings. The minimum Gasteiger partial charge on any atom is -0.493 e. The fraction of sp³-hybridized carbons (Fsp3) is 0.476. The van der Waals surface area contributed by atoms with Crippen molar-refractivity contribution in [2.24, 2.45) is 0 Å². The molecule has 1 saturated heterocycles. The molecule has 3 rings (SSSR count). The van der Waals surface area contributed by atoms with Crippen molar-refractivity contribution >= 4 is 11.6 Å². The van der Waals surface area contributed by atoms with Crippen LogP contribution in [0.3, 0.4) is 0 Å². The van der Waals surface area contributed by atoms with Gasteiger partial charge in [-0.25, -0.2) is 4.98 Å². The van der Waals surface area contributed by atoms with Crippen molar-refractivity contribution < 1.29 is 24.4 Å². The van der Waals surface area contributed by atoms with Crippen LogP contribution in [0.1, 0.15) is 17.5 Å². The Kier molecular flexibility index (Phi) is 8.36. The lowest BCUT2D eigenvalue weighted by Crippen LogP contribution is -3.14. The molecule has 0 radical (unpaired) electrons. The highest BCUT2D eigenvalue weighted by molar-refractivity contribution is 6.29. The molecule has 1 aromatic heterocycles. The van der Waals surface area contributed by atoms with Gasteiger partial charge in [-0.3, -0.25) is 0 Å². The van der Waals surface area contributed by atoms with Gasteiger partial charge in [0.2, 0.25) is 0 Å². The number of hydrogen-bond donors (Lipinski definition) is 2. The van der Waals surface area contributed by atoms with Gasteiger partial charge in [0.05, 0.1) is 33.4 Å². The smallest absolute Gasteiger partial charge is 0.161 e. The molecule has 7 heteroatoms. The summed E-state index contributed by atoms with van der Waals surface area (Å²) in [6.07, 6.45) is 2.94. The highest BCUT2D eigenvalue weighted by Crippen LogP contribution is 2.28. The molecular weight excluding hydrogens is 378 g/mol. The van der Waals surface area contributed by atoms with E-state index in [2.05, 4.69) is 22.4 Å². The predicted octanol–water partition coefficient (Wildman–Crippen LogP) is 0.691. The lowest BCUT2D eigenvalue weighted by atomic mass is 10.2. The van der Waals surface area contributed by atoms with Crippen molar-refractivity contribution in [3.05, 3.63) is 52.8 Å². The molecule has 1 aliphatic rings. The van der Waals surface area contributed by atoms with E-state index in [0.29, 0.717) is 11.8 Å². The largest absolute Gasteiger partial charge is 0.493 e. The molecule has 0 saturated carbocycles. The third kappa shape index (κ3) is 6.63. The number of halogens is 1. The Hall–Kier alpha value is -1.86. The van der Waals surface area contributed by atoms with Crippen molar-refractivity contribution in [2.75, 3.05) is 46.5 Å². The summed E-state index contributed by atoms with van der Waals surface area (Å²) < 4.78 is 16.8. The van der Waals surface area contributed by atoms with Gasteiger partial charge in [-0.2, -0.15) is 0 Å². The monoisotopic (exact) mass is 407 g/mol. The summed E-state index contributed by atoms with van der Waals surface area (Å²) in [4.78, 5) is 5.73. The molecule has 152 valence electrons. The number of nitrogens with two attached hydrogens (primary N) is 1. The first-order valence-electron chi connectivity index (χ1n) is 9.87. The Balaban J connectivity index is 1.42. The maximum Gasteiger partial charge on any atom is 0.161 e. The van der Waals surface area contributed by atoms with E-state index in [1.165, 1.54) is 18.5 Å². The third-order valence-electron chi connectivity index (χ3n) is 4.93. The number of nitrogens with zero attached hydrogens (tertiary/aromatic N) is 1. The predicted molar refractivity (Wildman–Crippen MR) is 108 cm³/mol. The summed E-state index contributed by atoms with van der Waals surface area (Å²) in [6, 6.07) is 9.80. The number of hydrogen-bond acceptors (Lipinski definition) is 4. The van der Waals surface area contributed by atoms with Crippen LogP contribution in [-0.4, -0.2) is 51.5 Å². The summed E-state index contributed by atoms with van der Waals surface area (Å²) in [5, 5.41) is 2.84. The normalized spacial score (nSPS) is 14.8. The zero-order valence-corrected chi connectivity index (χ0v) is 17.2. The highest BCUT2D eigenvalue weighted by Gasteiger charge is 2.13. The first kappa shape index (κ1) is 20.9. The molecule has 0 aliphatic carbocycles. The van der Waals surface area contributed by atoms with Crippen LogP contribution < -0.4 is 19.7 Å². The Morgan fingerprint density at radius 1 is 1.14 bits per heavy atom. The van der Waals surface area contributed by atoms with E-state index in [-0.39, 0.29) is 0 Å². The standard InChI is InChI=1S/C21H28ClN3O3/c1-26-20-13-17(14-23-7-2-8-25-9-11-27-12-10-25)3-5-19(20)28-16-18-4-6-21(22)24-15-18/h3-6,13,15,23H,2,7-12,14,16H2,1H3/p+2. The Morgan fingerprint density at radius 3 is 2.71 bits per heavy atom. The molecule has 3 N–H and O–H groups in total. The van der Waals surface area contributed by atoms with Crippen LogP contribution in [-0.2, 0) is 17.9 Å². The molecule has 28 heavy (non-hydrogen) atoms. The van der Waals surface area contributed by atoms with Crippen LogP contribution in [0, 0.1) is 0 Å². The van der Waals surface area contributed by atoms with E-state index in [1.54, 1.807) is 24.3 Å². The molecule has 1 fully saturated rings. The van der Waals surface area contributed by atoms with Crippen molar-refractivity contribution in [1.82, 2.24) is 4.98 Å². The fourth-order valence-corrected chi connectivity index (χ4v) is 3.40. The van der Waals surface area contributed by atoms with Crippen LogP contribution in [0.15, 0.2) is 36.5 Å². The number of pyridine rings is 1. The van der Waals surface area contributed by atoms with Gasteiger partial charge in [-0.1, -0.05) is 17.7 Å². The van der Waals surface area contributed by atoms with Crippen molar-refractivity contribution in [3.63, 3.8) is 0 Å². The van der Waals surface area contributed by atoms with Crippen LogP contribution in [0.25, 0.3) is 0 Å². The minimum atomic E-state index is 0.426. The maximum absolute atomic E-state index is 5.89. The van der Waals surface area contributed by atoms with Gasteiger partial charge in [0.1, 0.15) is 31.4 Å². The highest BCUT2D eigenvalue weighted by atomic mass is 35.5. The molecule has 0 atom stereocenters. The number of nitrogens with one attached hydrogen (secondary N) is 1. The topological polar surface area (TPSA) is 61.6 Å². The molecule has 0 bridgehead atoms. The number of aromatic nitrogens is 1. The second kappa shape index (κ2) is 11.2. The summed E-state index contributed by atoms with van der Waals surface area (Å²) in [5.41, 5.74) is 2.20. The quantitative estimate of drug-likeness (QED) is 0.449. The maximum atomic E-state index is 5.89. The fourth-order valence-electron chi connectivity index (χ4n) is 3.29. The summed E-state index contributed by atoms with van der Waals surface area (Å²) in [5.74, 6) is 1.49. The number of quaternary nitrogens is 2. The summed E-state index contributed by atoms with van der Waals surface area (Å²) >= 11 is 5.81. The van der Waals surface area contributed by atoms with Crippen LogP contribution in [0.5, 0.6) is 11.5 Å². The van der Waals surface area contributed by atoms with Gasteiger partial charge in [-0.15, -0.1) is 0 Å². The molecule has 6 nitrogen and oxygen atoms in total.